The third kappa shape index (κ3) is 4.85. The van der Waals surface area contributed by atoms with Gasteiger partial charge in [-0.2, -0.15) is 0 Å². The third-order valence-electron chi connectivity index (χ3n) is 3.38. The molecule has 4 atom stereocenters. The van der Waals surface area contributed by atoms with Gasteiger partial charge in [-0.05, 0) is 57.5 Å². The van der Waals surface area contributed by atoms with Crippen LogP contribution in [0.15, 0.2) is 0 Å². The molecule has 1 fully saturated rings. The highest BCUT2D eigenvalue weighted by molar-refractivity contribution is 6.70. The zero-order chi connectivity index (χ0) is 13.4. The lowest BCUT2D eigenvalue weighted by atomic mass is 9.99. The summed E-state index contributed by atoms with van der Waals surface area (Å²) in [7, 11) is -2.94. The summed E-state index contributed by atoms with van der Waals surface area (Å²) in [6.45, 7) is 18.3. The van der Waals surface area contributed by atoms with Gasteiger partial charge in [0.15, 0.2) is 16.6 Å². The largest absolute Gasteiger partial charge is 0.412 e. The van der Waals surface area contributed by atoms with E-state index in [1.807, 2.05) is 0 Å². The first-order valence-corrected chi connectivity index (χ1v) is 13.7. The predicted octanol–water partition coefficient (Wildman–Crippen LogP) is 4.10. The quantitative estimate of drug-likeness (QED) is 0.719. The van der Waals surface area contributed by atoms with Crippen LogP contribution in [0.1, 0.15) is 20.3 Å². The van der Waals surface area contributed by atoms with E-state index >= 15 is 0 Å². The monoisotopic (exact) mass is 274 g/mol. The summed E-state index contributed by atoms with van der Waals surface area (Å²) in [6, 6.07) is 0. The maximum absolute atomic E-state index is 6.38. The van der Waals surface area contributed by atoms with Crippen LogP contribution in [-0.2, 0) is 8.85 Å². The molecule has 1 saturated carbocycles. The van der Waals surface area contributed by atoms with Gasteiger partial charge in [-0.25, -0.2) is 0 Å². The first kappa shape index (κ1) is 15.4. The fraction of sp³-hybridized carbons (Fsp3) is 1.00. The Morgan fingerprint density at radius 3 is 1.71 bits per heavy atom. The van der Waals surface area contributed by atoms with Crippen molar-refractivity contribution in [2.75, 3.05) is 0 Å². The van der Waals surface area contributed by atoms with Crippen LogP contribution in [0.2, 0.25) is 39.3 Å². The second-order valence-corrected chi connectivity index (χ2v) is 16.5. The molecular formula is C13H30O2Si2. The minimum absolute atomic E-state index is 0.323. The Labute approximate surface area is 109 Å². The summed E-state index contributed by atoms with van der Waals surface area (Å²) in [4.78, 5) is 0. The van der Waals surface area contributed by atoms with E-state index < -0.39 is 16.6 Å². The topological polar surface area (TPSA) is 18.5 Å². The summed E-state index contributed by atoms with van der Waals surface area (Å²) in [5.41, 5.74) is 0. The Morgan fingerprint density at radius 1 is 0.824 bits per heavy atom. The standard InChI is InChI=1S/C13H30O2Si2/c1-10-9-12(14-16(3,4)5)13(11(10)2)15-17(6,7)8/h10-13H,9H2,1-8H3. The van der Waals surface area contributed by atoms with Gasteiger partial charge in [0.25, 0.3) is 0 Å². The molecule has 0 radical (unpaired) electrons. The third-order valence-corrected chi connectivity index (χ3v) is 5.37. The summed E-state index contributed by atoms with van der Waals surface area (Å²) in [5.74, 6) is 1.35. The van der Waals surface area contributed by atoms with Crippen LogP contribution in [-0.4, -0.2) is 28.8 Å². The molecule has 0 bridgehead atoms. The van der Waals surface area contributed by atoms with Crippen LogP contribution in [0.3, 0.4) is 0 Å². The summed E-state index contributed by atoms with van der Waals surface area (Å²) >= 11 is 0. The molecule has 4 heteroatoms. The molecule has 17 heavy (non-hydrogen) atoms. The molecule has 0 spiro atoms. The van der Waals surface area contributed by atoms with Crippen LogP contribution < -0.4 is 0 Å². The van der Waals surface area contributed by atoms with E-state index in [-0.39, 0.29) is 0 Å². The molecule has 1 aliphatic rings. The molecule has 1 aliphatic carbocycles. The van der Waals surface area contributed by atoms with Crippen molar-refractivity contribution in [2.45, 2.75) is 71.8 Å². The Kier molecular flexibility index (Phi) is 4.67. The summed E-state index contributed by atoms with van der Waals surface area (Å²) in [6.07, 6.45) is 1.82. The SMILES string of the molecule is CC1CC(O[Si](C)(C)C)C(O[Si](C)(C)C)C1C. The first-order chi connectivity index (χ1) is 7.49. The summed E-state index contributed by atoms with van der Waals surface area (Å²) in [5, 5.41) is 0. The molecule has 0 aromatic rings. The molecular weight excluding hydrogens is 244 g/mol. The van der Waals surface area contributed by atoms with Gasteiger partial charge in [0, 0.05) is 0 Å². The minimum atomic E-state index is -1.48. The van der Waals surface area contributed by atoms with E-state index in [1.165, 1.54) is 6.42 Å². The van der Waals surface area contributed by atoms with Crippen molar-refractivity contribution in [3.05, 3.63) is 0 Å². The molecule has 0 amide bonds. The van der Waals surface area contributed by atoms with Gasteiger partial charge < -0.3 is 8.85 Å². The molecule has 4 unspecified atom stereocenters. The van der Waals surface area contributed by atoms with Crippen LogP contribution >= 0.6 is 0 Å². The smallest absolute Gasteiger partial charge is 0.184 e. The molecule has 0 saturated heterocycles. The average Bonchev–Trinajstić information content (AvgIpc) is 2.27. The van der Waals surface area contributed by atoms with Crippen molar-refractivity contribution in [2.24, 2.45) is 11.8 Å². The molecule has 0 N–H and O–H groups in total. The molecule has 1 rings (SSSR count). The molecule has 0 aromatic heterocycles. The van der Waals surface area contributed by atoms with E-state index in [0.29, 0.717) is 18.1 Å². The lowest BCUT2D eigenvalue weighted by molar-refractivity contribution is 0.0470. The highest BCUT2D eigenvalue weighted by atomic mass is 28.4. The van der Waals surface area contributed by atoms with Gasteiger partial charge in [0.2, 0.25) is 0 Å². The Hall–Kier alpha value is 0.354. The maximum atomic E-state index is 6.38. The van der Waals surface area contributed by atoms with E-state index in [9.17, 15) is 0 Å². The maximum Gasteiger partial charge on any atom is 0.184 e. The first-order valence-electron chi connectivity index (χ1n) is 6.85. The Bertz CT molecular complexity index is 255. The fourth-order valence-electron chi connectivity index (χ4n) is 2.54. The summed E-state index contributed by atoms with van der Waals surface area (Å²) < 4.78 is 12.7. The van der Waals surface area contributed by atoms with E-state index in [2.05, 4.69) is 53.1 Å². The molecule has 0 aliphatic heterocycles. The minimum Gasteiger partial charge on any atom is -0.412 e. The normalized spacial score (nSPS) is 35.3. The van der Waals surface area contributed by atoms with Gasteiger partial charge in [-0.15, -0.1) is 0 Å². The van der Waals surface area contributed by atoms with Gasteiger partial charge in [0.05, 0.1) is 12.2 Å². The van der Waals surface area contributed by atoms with Gasteiger partial charge in [0.1, 0.15) is 0 Å². The molecule has 0 heterocycles. The number of rotatable bonds is 4. The zero-order valence-electron chi connectivity index (χ0n) is 12.8. The van der Waals surface area contributed by atoms with Crippen LogP contribution in [0.5, 0.6) is 0 Å². The predicted molar refractivity (Wildman–Crippen MR) is 79.4 cm³/mol. The number of hydrogen-bond donors (Lipinski definition) is 0. The Morgan fingerprint density at radius 2 is 1.29 bits per heavy atom. The van der Waals surface area contributed by atoms with Gasteiger partial charge >= 0.3 is 0 Å². The highest BCUT2D eigenvalue weighted by Crippen LogP contribution is 2.38. The second-order valence-electron chi connectivity index (χ2n) is 7.54. The Balaban J connectivity index is 2.74. The van der Waals surface area contributed by atoms with Crippen molar-refractivity contribution >= 4 is 16.6 Å². The number of hydrogen-bond acceptors (Lipinski definition) is 2. The lowest BCUT2D eigenvalue weighted by Crippen LogP contribution is -2.43. The molecule has 0 aromatic carbocycles. The van der Waals surface area contributed by atoms with Crippen LogP contribution in [0, 0.1) is 11.8 Å². The fourth-order valence-corrected chi connectivity index (χ4v) is 4.86. The van der Waals surface area contributed by atoms with Crippen molar-refractivity contribution in [3.8, 4) is 0 Å². The lowest BCUT2D eigenvalue weighted by Gasteiger charge is -2.33. The van der Waals surface area contributed by atoms with Gasteiger partial charge in [-0.3, -0.25) is 0 Å². The van der Waals surface area contributed by atoms with Crippen molar-refractivity contribution in [1.29, 1.82) is 0 Å². The van der Waals surface area contributed by atoms with Crippen LogP contribution in [0.4, 0.5) is 0 Å². The van der Waals surface area contributed by atoms with Crippen molar-refractivity contribution in [3.63, 3.8) is 0 Å². The van der Waals surface area contributed by atoms with Crippen LogP contribution in [0.25, 0.3) is 0 Å². The van der Waals surface area contributed by atoms with Crippen molar-refractivity contribution in [1.82, 2.24) is 0 Å². The van der Waals surface area contributed by atoms with Gasteiger partial charge in [-0.1, -0.05) is 13.8 Å². The zero-order valence-corrected chi connectivity index (χ0v) is 14.8. The van der Waals surface area contributed by atoms with E-state index in [0.717, 1.165) is 5.92 Å². The molecule has 102 valence electrons. The molecule has 2 nitrogen and oxygen atoms in total. The second kappa shape index (κ2) is 5.15. The average molecular weight is 275 g/mol. The highest BCUT2D eigenvalue weighted by Gasteiger charge is 2.43. The van der Waals surface area contributed by atoms with Crippen molar-refractivity contribution < 1.29 is 8.85 Å². The van der Waals surface area contributed by atoms with E-state index in [1.54, 1.807) is 0 Å². The van der Waals surface area contributed by atoms with E-state index in [4.69, 9.17) is 8.85 Å².